The highest BCUT2D eigenvalue weighted by molar-refractivity contribution is 5.82. The van der Waals surface area contributed by atoms with E-state index in [1.54, 1.807) is 0 Å². The van der Waals surface area contributed by atoms with Crippen molar-refractivity contribution in [3.63, 3.8) is 0 Å². The van der Waals surface area contributed by atoms with Crippen molar-refractivity contribution in [2.24, 2.45) is 5.41 Å². The minimum Gasteiger partial charge on any atom is -0.353 e. The van der Waals surface area contributed by atoms with E-state index in [4.69, 9.17) is 0 Å². The number of hydrogen-bond donors (Lipinski definition) is 2. The molecule has 3 fully saturated rings. The lowest BCUT2D eigenvalue weighted by molar-refractivity contribution is -0.132. The summed E-state index contributed by atoms with van der Waals surface area (Å²) in [7, 11) is 0. The number of nitrogens with zero attached hydrogens (tertiary/aromatic N) is 1. The van der Waals surface area contributed by atoms with Gasteiger partial charge in [-0.05, 0) is 51.6 Å². The van der Waals surface area contributed by atoms with E-state index < -0.39 is 0 Å². The van der Waals surface area contributed by atoms with Crippen molar-refractivity contribution in [1.29, 1.82) is 0 Å². The molecule has 3 aliphatic rings. The molecule has 0 aromatic carbocycles. The fraction of sp³-hybridized carbons (Fsp3) is 0.933. The van der Waals surface area contributed by atoms with Gasteiger partial charge in [0.05, 0.1) is 0 Å². The number of likely N-dealkylation sites (tertiary alicyclic amines) is 1. The molecule has 0 radical (unpaired) electrons. The van der Waals surface area contributed by atoms with E-state index in [1.807, 2.05) is 0 Å². The second-order valence-electron chi connectivity index (χ2n) is 6.83. The summed E-state index contributed by atoms with van der Waals surface area (Å²) < 4.78 is 0. The SMILES string of the molecule is CC1(C(=O)NC2CCN(C3CC3)CC2)CCNCC1. The second kappa shape index (κ2) is 5.41. The van der Waals surface area contributed by atoms with E-state index in [2.05, 4.69) is 22.5 Å². The van der Waals surface area contributed by atoms with Gasteiger partial charge in [-0.15, -0.1) is 0 Å². The Bertz CT molecular complexity index is 326. The molecule has 0 bridgehead atoms. The van der Waals surface area contributed by atoms with Gasteiger partial charge in [-0.2, -0.15) is 0 Å². The van der Waals surface area contributed by atoms with Crippen molar-refractivity contribution >= 4 is 5.91 Å². The zero-order chi connectivity index (χ0) is 13.3. The molecule has 2 N–H and O–H groups in total. The van der Waals surface area contributed by atoms with Crippen LogP contribution in [0, 0.1) is 5.41 Å². The van der Waals surface area contributed by atoms with Gasteiger partial charge in [0, 0.05) is 30.6 Å². The van der Waals surface area contributed by atoms with Crippen LogP contribution in [0.25, 0.3) is 0 Å². The normalized spacial score (nSPS) is 29.1. The predicted molar refractivity (Wildman–Crippen MR) is 76.0 cm³/mol. The van der Waals surface area contributed by atoms with E-state index >= 15 is 0 Å². The van der Waals surface area contributed by atoms with Gasteiger partial charge in [-0.1, -0.05) is 6.92 Å². The minimum absolute atomic E-state index is 0.140. The van der Waals surface area contributed by atoms with Crippen molar-refractivity contribution in [2.75, 3.05) is 26.2 Å². The lowest BCUT2D eigenvalue weighted by Crippen LogP contribution is -2.51. The van der Waals surface area contributed by atoms with Gasteiger partial charge in [0.25, 0.3) is 0 Å². The molecule has 1 saturated carbocycles. The lowest BCUT2D eigenvalue weighted by Gasteiger charge is -2.37. The molecule has 4 nitrogen and oxygen atoms in total. The van der Waals surface area contributed by atoms with Crippen LogP contribution in [0.15, 0.2) is 0 Å². The van der Waals surface area contributed by atoms with Crippen LogP contribution in [-0.2, 0) is 4.79 Å². The number of hydrogen-bond acceptors (Lipinski definition) is 3. The van der Waals surface area contributed by atoms with Gasteiger partial charge >= 0.3 is 0 Å². The van der Waals surface area contributed by atoms with Gasteiger partial charge in [-0.25, -0.2) is 0 Å². The number of nitrogens with one attached hydrogen (secondary N) is 2. The summed E-state index contributed by atoms with van der Waals surface area (Å²) in [4.78, 5) is 15.1. The third kappa shape index (κ3) is 3.11. The smallest absolute Gasteiger partial charge is 0.226 e. The summed E-state index contributed by atoms with van der Waals surface area (Å²) in [6, 6.07) is 1.28. The molecule has 19 heavy (non-hydrogen) atoms. The third-order valence-electron chi connectivity index (χ3n) is 5.18. The van der Waals surface area contributed by atoms with Crippen LogP contribution in [0.4, 0.5) is 0 Å². The van der Waals surface area contributed by atoms with Crippen LogP contribution in [0.3, 0.4) is 0 Å². The molecule has 2 aliphatic heterocycles. The molecule has 108 valence electrons. The Morgan fingerprint density at radius 3 is 2.37 bits per heavy atom. The largest absolute Gasteiger partial charge is 0.353 e. The van der Waals surface area contributed by atoms with Gasteiger partial charge in [0.2, 0.25) is 5.91 Å². The van der Waals surface area contributed by atoms with Crippen molar-refractivity contribution in [1.82, 2.24) is 15.5 Å². The van der Waals surface area contributed by atoms with Crippen molar-refractivity contribution in [2.45, 2.75) is 57.5 Å². The first kappa shape index (κ1) is 13.4. The zero-order valence-corrected chi connectivity index (χ0v) is 12.1. The fourth-order valence-electron chi connectivity index (χ4n) is 3.41. The summed E-state index contributed by atoms with van der Waals surface area (Å²) in [5, 5.41) is 6.65. The van der Waals surface area contributed by atoms with Crippen LogP contribution in [0.1, 0.15) is 45.4 Å². The summed E-state index contributed by atoms with van der Waals surface area (Å²) in [5.74, 6) is 0.291. The molecular weight excluding hydrogens is 238 g/mol. The molecule has 2 saturated heterocycles. The summed E-state index contributed by atoms with van der Waals surface area (Å²) in [5.41, 5.74) is -0.140. The maximum absolute atomic E-state index is 12.5. The highest BCUT2D eigenvalue weighted by Gasteiger charge is 2.37. The van der Waals surface area contributed by atoms with Gasteiger partial charge in [-0.3, -0.25) is 4.79 Å². The van der Waals surface area contributed by atoms with E-state index in [0.29, 0.717) is 11.9 Å². The first-order chi connectivity index (χ1) is 9.17. The summed E-state index contributed by atoms with van der Waals surface area (Å²) >= 11 is 0. The van der Waals surface area contributed by atoms with Crippen molar-refractivity contribution < 1.29 is 4.79 Å². The molecule has 0 unspecified atom stereocenters. The van der Waals surface area contributed by atoms with Crippen LogP contribution in [0.2, 0.25) is 0 Å². The topological polar surface area (TPSA) is 44.4 Å². The van der Waals surface area contributed by atoms with E-state index in [-0.39, 0.29) is 5.41 Å². The summed E-state index contributed by atoms with van der Waals surface area (Å²) in [6.07, 6.45) is 7.00. The Kier molecular flexibility index (Phi) is 3.81. The highest BCUT2D eigenvalue weighted by Crippen LogP contribution is 2.31. The standard InChI is InChI=1S/C15H27N3O/c1-15(6-8-16-9-7-15)14(19)17-12-4-10-18(11-5-12)13-2-3-13/h12-13,16H,2-11H2,1H3,(H,17,19). The molecular formula is C15H27N3O. The highest BCUT2D eigenvalue weighted by atomic mass is 16.2. The number of rotatable bonds is 3. The monoisotopic (exact) mass is 265 g/mol. The molecule has 4 heteroatoms. The maximum atomic E-state index is 12.5. The Morgan fingerprint density at radius 2 is 1.79 bits per heavy atom. The van der Waals surface area contributed by atoms with Crippen molar-refractivity contribution in [3.05, 3.63) is 0 Å². The van der Waals surface area contributed by atoms with Crippen molar-refractivity contribution in [3.8, 4) is 0 Å². The number of carbonyl (C=O) groups is 1. The quantitative estimate of drug-likeness (QED) is 0.804. The second-order valence-corrected chi connectivity index (χ2v) is 6.83. The minimum atomic E-state index is -0.140. The molecule has 0 aromatic rings. The Labute approximate surface area is 116 Å². The molecule has 1 amide bonds. The van der Waals surface area contributed by atoms with E-state index in [0.717, 1.165) is 44.8 Å². The Balaban J connectivity index is 1.47. The third-order valence-corrected chi connectivity index (χ3v) is 5.18. The number of piperidine rings is 2. The van der Waals surface area contributed by atoms with Crippen LogP contribution < -0.4 is 10.6 Å². The Morgan fingerprint density at radius 1 is 1.16 bits per heavy atom. The molecule has 0 atom stereocenters. The lowest BCUT2D eigenvalue weighted by atomic mass is 9.80. The van der Waals surface area contributed by atoms with Gasteiger partial charge < -0.3 is 15.5 Å². The van der Waals surface area contributed by atoms with Crippen LogP contribution >= 0.6 is 0 Å². The van der Waals surface area contributed by atoms with E-state index in [9.17, 15) is 4.79 Å². The first-order valence-corrected chi connectivity index (χ1v) is 7.93. The van der Waals surface area contributed by atoms with Crippen LogP contribution in [-0.4, -0.2) is 49.1 Å². The molecule has 3 rings (SSSR count). The average molecular weight is 265 g/mol. The average Bonchev–Trinajstić information content (AvgIpc) is 3.25. The molecule has 1 aliphatic carbocycles. The fourth-order valence-corrected chi connectivity index (χ4v) is 3.41. The predicted octanol–water partition coefficient (Wildman–Crippen LogP) is 1.12. The maximum Gasteiger partial charge on any atom is 0.226 e. The van der Waals surface area contributed by atoms with Crippen LogP contribution in [0.5, 0.6) is 0 Å². The summed E-state index contributed by atoms with van der Waals surface area (Å²) in [6.45, 7) is 6.43. The van der Waals surface area contributed by atoms with Gasteiger partial charge in [0.1, 0.15) is 0 Å². The number of carbonyl (C=O) groups excluding carboxylic acids is 1. The van der Waals surface area contributed by atoms with E-state index in [1.165, 1.54) is 25.9 Å². The molecule has 0 aromatic heterocycles. The van der Waals surface area contributed by atoms with Gasteiger partial charge in [0.15, 0.2) is 0 Å². The Hall–Kier alpha value is -0.610. The number of amides is 1. The molecule has 2 heterocycles. The molecule has 0 spiro atoms. The first-order valence-electron chi connectivity index (χ1n) is 7.93. The zero-order valence-electron chi connectivity index (χ0n) is 12.1.